The summed E-state index contributed by atoms with van der Waals surface area (Å²) in [6, 6.07) is 21.1. The van der Waals surface area contributed by atoms with E-state index < -0.39 is 5.97 Å². The van der Waals surface area contributed by atoms with Crippen LogP contribution in [-0.4, -0.2) is 38.7 Å². The predicted octanol–water partition coefficient (Wildman–Crippen LogP) is 4.72. The summed E-state index contributed by atoms with van der Waals surface area (Å²) in [6.07, 6.45) is 2.40. The fourth-order valence-corrected chi connectivity index (χ4v) is 3.71. The number of methoxy groups -OCH3 is 2. The average Bonchev–Trinajstić information content (AvgIpc) is 2.96. The molecule has 0 saturated heterocycles. The van der Waals surface area contributed by atoms with Crippen molar-refractivity contribution in [1.82, 2.24) is 0 Å². The van der Waals surface area contributed by atoms with Gasteiger partial charge in [0.25, 0.3) is 0 Å². The summed E-state index contributed by atoms with van der Waals surface area (Å²) in [5.74, 6) is -1.16. The number of carbonyl (C=O) groups is 3. The number of hydrogen-bond donors (Lipinski definition) is 0. The lowest BCUT2D eigenvalue weighted by Crippen LogP contribution is -2.08. The first kappa shape index (κ1) is 30.5. The molecule has 0 aliphatic carbocycles. The lowest BCUT2D eigenvalue weighted by atomic mass is 10.0. The van der Waals surface area contributed by atoms with Crippen molar-refractivity contribution in [2.45, 2.75) is 31.1 Å². The minimum atomic E-state index is -0.434. The molecule has 0 unspecified atom stereocenters. The van der Waals surface area contributed by atoms with E-state index in [1.807, 2.05) is 31.2 Å². The van der Waals surface area contributed by atoms with E-state index in [2.05, 4.69) is 9.37 Å². The van der Waals surface area contributed by atoms with Crippen molar-refractivity contribution in [3.05, 3.63) is 101 Å². The topological polar surface area (TPSA) is 120 Å². The summed E-state index contributed by atoms with van der Waals surface area (Å²) in [5.41, 5.74) is 3.32. The Morgan fingerprint density at radius 2 is 1.37 bits per heavy atom. The lowest BCUT2D eigenvalue weighted by molar-refractivity contribution is -0.777. The molecule has 0 atom stereocenters. The highest BCUT2D eigenvalue weighted by Gasteiger charge is 2.13. The Hall–Kier alpha value is -3.70. The first-order valence-corrected chi connectivity index (χ1v) is 12.4. The predicted molar refractivity (Wildman–Crippen MR) is 138 cm³/mol. The van der Waals surface area contributed by atoms with E-state index in [4.69, 9.17) is 14.2 Å². The van der Waals surface area contributed by atoms with Crippen molar-refractivity contribution in [1.29, 1.82) is 0 Å². The van der Waals surface area contributed by atoms with Crippen LogP contribution < -0.4 is 5.26 Å². The molecule has 0 saturated carbocycles. The zero-order valence-corrected chi connectivity index (χ0v) is 22.2. The van der Waals surface area contributed by atoms with Crippen molar-refractivity contribution >= 4 is 30.0 Å². The molecule has 0 fully saturated rings. The number of esters is 3. The molecule has 9 nitrogen and oxygen atoms in total. The number of hydrogen-bond acceptors (Lipinski definition) is 10. The molecule has 3 rings (SSSR count). The van der Waals surface area contributed by atoms with Gasteiger partial charge in [-0.05, 0) is 60.4 Å². The molecule has 0 radical (unpaired) electrons. The zero-order chi connectivity index (χ0) is 27.8. The molecule has 0 spiro atoms. The lowest BCUT2D eigenvalue weighted by Gasteiger charge is -2.09. The van der Waals surface area contributed by atoms with E-state index in [9.17, 15) is 19.6 Å². The van der Waals surface area contributed by atoms with Crippen LogP contribution in [0.15, 0.2) is 77.7 Å². The van der Waals surface area contributed by atoms with Crippen LogP contribution >= 0.6 is 12.0 Å². The maximum absolute atomic E-state index is 11.7. The molecule has 3 aromatic rings. The van der Waals surface area contributed by atoms with Crippen LogP contribution in [0.25, 0.3) is 0 Å². The second-order valence-electron chi connectivity index (χ2n) is 7.77. The molecule has 0 aromatic heterocycles. The third-order valence-corrected chi connectivity index (χ3v) is 5.75. The van der Waals surface area contributed by atoms with Gasteiger partial charge in [-0.3, -0.25) is 5.04 Å². The van der Waals surface area contributed by atoms with E-state index in [0.717, 1.165) is 24.0 Å². The monoisotopic (exact) mass is 541 g/mol. The number of rotatable bonds is 11. The molecule has 38 heavy (non-hydrogen) atoms. The SMILES string of the molecule is CCCCOC(=O)c1ccccc1SOO[O-].COC(=O)c1cccc(Cc2cccc(C(=O)OC)c2)c1. The van der Waals surface area contributed by atoms with Gasteiger partial charge in [0.05, 0.1) is 54.5 Å². The molecule has 10 heteroatoms. The van der Waals surface area contributed by atoms with Crippen LogP contribution in [0, 0.1) is 0 Å². The first-order valence-electron chi connectivity index (χ1n) is 11.7. The van der Waals surface area contributed by atoms with Gasteiger partial charge in [0, 0.05) is 0 Å². The summed E-state index contributed by atoms with van der Waals surface area (Å²) < 4.78 is 18.7. The number of carbonyl (C=O) groups excluding carboxylic acids is 3. The van der Waals surface area contributed by atoms with E-state index in [1.165, 1.54) is 14.2 Å². The second-order valence-corrected chi connectivity index (χ2v) is 8.51. The van der Waals surface area contributed by atoms with Crippen LogP contribution in [0.1, 0.15) is 62.0 Å². The van der Waals surface area contributed by atoms with Crippen LogP contribution in [-0.2, 0) is 30.0 Å². The fraction of sp³-hybridized carbons (Fsp3) is 0.250. The molecule has 0 amide bonds. The minimum absolute atomic E-state index is 0.352. The Morgan fingerprint density at radius 1 is 0.789 bits per heavy atom. The van der Waals surface area contributed by atoms with Crippen molar-refractivity contribution in [2.75, 3.05) is 20.8 Å². The molecule has 0 N–H and O–H groups in total. The van der Waals surface area contributed by atoms with Crippen molar-refractivity contribution in [3.63, 3.8) is 0 Å². The summed E-state index contributed by atoms with van der Waals surface area (Å²) in [6.45, 7) is 2.39. The minimum Gasteiger partial charge on any atom is -0.691 e. The maximum Gasteiger partial charge on any atom is 0.339 e. The molecule has 0 aliphatic rings. The summed E-state index contributed by atoms with van der Waals surface area (Å²) in [7, 11) is 2.71. The molecule has 0 bridgehead atoms. The Morgan fingerprint density at radius 3 is 1.89 bits per heavy atom. The number of benzene rings is 3. The Bertz CT molecular complexity index is 1140. The smallest absolute Gasteiger partial charge is 0.339 e. The van der Waals surface area contributed by atoms with Gasteiger partial charge in [-0.25, -0.2) is 14.4 Å². The first-order chi connectivity index (χ1) is 18.4. The van der Waals surface area contributed by atoms with Crippen molar-refractivity contribution < 1.29 is 43.2 Å². The van der Waals surface area contributed by atoms with Gasteiger partial charge in [0.2, 0.25) is 0 Å². The third kappa shape index (κ3) is 9.98. The average molecular weight is 542 g/mol. The molecule has 202 valence electrons. The van der Waals surface area contributed by atoms with Gasteiger partial charge >= 0.3 is 17.9 Å². The molecule has 3 aromatic carbocycles. The van der Waals surface area contributed by atoms with Crippen LogP contribution in [0.5, 0.6) is 0 Å². The molecule has 0 aliphatic heterocycles. The normalized spacial score (nSPS) is 10.1. The molecule has 0 heterocycles. The van der Waals surface area contributed by atoms with Gasteiger partial charge in [0.15, 0.2) is 0 Å². The van der Waals surface area contributed by atoms with Gasteiger partial charge in [0.1, 0.15) is 0 Å². The Balaban J connectivity index is 0.000000273. The highest BCUT2D eigenvalue weighted by Crippen LogP contribution is 2.24. The molecular formula is C28H29O9S-. The zero-order valence-electron chi connectivity index (χ0n) is 21.3. The summed E-state index contributed by atoms with van der Waals surface area (Å²) in [4.78, 5) is 35.2. The number of ether oxygens (including phenoxy) is 3. The highest BCUT2D eigenvalue weighted by atomic mass is 32.2. The van der Waals surface area contributed by atoms with E-state index in [-0.39, 0.29) is 11.9 Å². The maximum atomic E-state index is 11.7. The third-order valence-electron chi connectivity index (χ3n) is 5.09. The second kappa shape index (κ2) is 16.9. The van der Waals surface area contributed by atoms with E-state index >= 15 is 0 Å². The fourth-order valence-electron chi connectivity index (χ4n) is 3.23. The summed E-state index contributed by atoms with van der Waals surface area (Å²) >= 11 is 0.679. The quantitative estimate of drug-likeness (QED) is 0.0841. The van der Waals surface area contributed by atoms with Crippen molar-refractivity contribution in [3.8, 4) is 0 Å². The standard InChI is InChI=1S/C17H16O4.C11H14O5S/c1-20-16(18)14-7-3-5-12(10-14)9-13-6-4-8-15(11-13)17(19)21-2;1-2-3-8-14-11(12)9-6-4-5-7-10(9)17-16-15-13/h3-8,10-11H,9H2,1-2H3;4-7,13H,2-3,8H2,1H3/p-1. The Kier molecular flexibility index (Phi) is 13.6. The summed E-state index contributed by atoms with van der Waals surface area (Å²) in [5, 5.41) is 13.0. The van der Waals surface area contributed by atoms with Gasteiger partial charge in [-0.1, -0.05) is 49.7 Å². The molecular weight excluding hydrogens is 512 g/mol. The van der Waals surface area contributed by atoms with Gasteiger partial charge in [-0.15, -0.1) is 0 Å². The van der Waals surface area contributed by atoms with Crippen LogP contribution in [0.4, 0.5) is 0 Å². The number of unbranched alkanes of at least 4 members (excludes halogenated alkanes) is 1. The van der Waals surface area contributed by atoms with Crippen molar-refractivity contribution in [2.24, 2.45) is 0 Å². The van der Waals surface area contributed by atoms with Gasteiger partial charge in [-0.2, -0.15) is 4.33 Å². The van der Waals surface area contributed by atoms with Crippen LogP contribution in [0.2, 0.25) is 0 Å². The van der Waals surface area contributed by atoms with E-state index in [0.29, 0.717) is 46.7 Å². The highest BCUT2D eigenvalue weighted by molar-refractivity contribution is 7.94. The van der Waals surface area contributed by atoms with E-state index in [1.54, 1.807) is 48.5 Å². The van der Waals surface area contributed by atoms with Gasteiger partial charge < -0.3 is 19.5 Å². The Labute approximate surface area is 225 Å². The van der Waals surface area contributed by atoms with Crippen LogP contribution in [0.3, 0.4) is 0 Å². The largest absolute Gasteiger partial charge is 0.691 e.